The number of hydrogen-bond acceptors (Lipinski definition) is 5. The molecule has 0 heterocycles. The van der Waals surface area contributed by atoms with Gasteiger partial charge >= 0.3 is 5.97 Å². The number of rotatable bonds is 72. The highest BCUT2D eigenvalue weighted by Gasteiger charge is 2.18. The molecule has 3 N–H and O–H groups in total. The van der Waals surface area contributed by atoms with Crippen LogP contribution in [0.4, 0.5) is 0 Å². The van der Waals surface area contributed by atoms with Gasteiger partial charge in [0.15, 0.2) is 0 Å². The maximum Gasteiger partial charge on any atom is 0.305 e. The molecule has 0 fully saturated rings. The van der Waals surface area contributed by atoms with Crippen molar-refractivity contribution in [1.29, 1.82) is 0 Å². The lowest BCUT2D eigenvalue weighted by atomic mass is 10.0. The molecule has 6 heteroatoms. The molecule has 0 aliphatic rings. The van der Waals surface area contributed by atoms with Crippen molar-refractivity contribution in [3.8, 4) is 0 Å². The zero-order valence-corrected chi connectivity index (χ0v) is 56.5. The predicted octanol–water partition coefficient (Wildman–Crippen LogP) is 24.9. The van der Waals surface area contributed by atoms with Gasteiger partial charge in [-0.1, -0.05) is 385 Å². The number of nitrogens with one attached hydrogen (secondary N) is 1. The van der Waals surface area contributed by atoms with Crippen LogP contribution in [0.2, 0.25) is 0 Å². The normalized spacial score (nSPS) is 12.6. The smallest absolute Gasteiger partial charge is 0.305 e. The predicted molar refractivity (Wildman–Crippen MR) is 366 cm³/mol. The molecule has 0 aromatic heterocycles. The Balaban J connectivity index is 3.36. The minimum Gasteiger partial charge on any atom is -0.466 e. The fourth-order valence-electron chi connectivity index (χ4n) is 12.2. The molecule has 83 heavy (non-hydrogen) atoms. The van der Waals surface area contributed by atoms with Crippen molar-refractivity contribution in [3.63, 3.8) is 0 Å². The van der Waals surface area contributed by atoms with Gasteiger partial charge in [-0.15, -0.1) is 0 Å². The van der Waals surface area contributed by atoms with Crippen molar-refractivity contribution >= 4 is 11.9 Å². The average molecular weight is 1170 g/mol. The first-order valence-electron chi connectivity index (χ1n) is 38.1. The first kappa shape index (κ1) is 81.3. The van der Waals surface area contributed by atoms with Gasteiger partial charge in [-0.25, -0.2) is 0 Å². The number of esters is 1. The minimum atomic E-state index is -0.843. The van der Waals surface area contributed by atoms with Gasteiger partial charge in [0, 0.05) is 12.8 Å². The second kappa shape index (κ2) is 72.8. The summed E-state index contributed by atoms with van der Waals surface area (Å²) in [7, 11) is 0. The SMILES string of the molecule is CCCCCCCC/C=C\CCCCCCCCCC(=O)OCCCCCCCCCCCCCCCCCCCCCCCCCCCCCCC(=O)NC(CO)C(O)/C=C/CCCCCCCCCCCCCCCCCCCCC. The van der Waals surface area contributed by atoms with Crippen LogP contribution in [0.25, 0.3) is 0 Å². The molecule has 2 atom stereocenters. The van der Waals surface area contributed by atoms with Crippen LogP contribution < -0.4 is 5.32 Å². The Morgan fingerprint density at radius 1 is 0.325 bits per heavy atom. The van der Waals surface area contributed by atoms with Crippen molar-refractivity contribution in [2.45, 2.75) is 443 Å². The van der Waals surface area contributed by atoms with Gasteiger partial charge in [0.1, 0.15) is 0 Å². The summed E-state index contributed by atoms with van der Waals surface area (Å²) in [5, 5.41) is 23.3. The summed E-state index contributed by atoms with van der Waals surface area (Å²) in [4.78, 5) is 24.6. The van der Waals surface area contributed by atoms with E-state index in [2.05, 4.69) is 31.3 Å². The van der Waals surface area contributed by atoms with Crippen LogP contribution in [-0.2, 0) is 14.3 Å². The molecule has 6 nitrogen and oxygen atoms in total. The third-order valence-electron chi connectivity index (χ3n) is 18.0. The van der Waals surface area contributed by atoms with Crippen LogP contribution in [0.5, 0.6) is 0 Å². The Hall–Kier alpha value is -1.66. The van der Waals surface area contributed by atoms with E-state index >= 15 is 0 Å². The summed E-state index contributed by atoms with van der Waals surface area (Å²) in [5.74, 6) is -0.0441. The summed E-state index contributed by atoms with van der Waals surface area (Å²) < 4.78 is 5.51. The Kier molecular flexibility index (Phi) is 71.4. The number of aliphatic hydroxyl groups excluding tert-OH is 2. The third kappa shape index (κ3) is 69.3. The van der Waals surface area contributed by atoms with E-state index in [0.29, 0.717) is 19.4 Å². The number of amides is 1. The standard InChI is InChI=1S/C77H149NO5/c1-3-5-7-9-11-13-15-17-19-21-22-31-34-38-41-45-49-53-57-61-65-69-75(80)74(73-79)78-76(81)70-66-62-58-54-50-46-42-39-35-32-29-27-25-23-24-26-28-30-33-36-40-44-48-52-56-60-64-68-72-83-77(82)71-67-63-59-55-51-47-43-37-20-18-16-14-12-10-8-6-4-2/h18,20,65,69,74-75,79-80H,3-17,19,21-64,66-68,70-73H2,1-2H3,(H,78,81)/b20-18-,69-65+. The number of aliphatic hydroxyl groups is 2. The van der Waals surface area contributed by atoms with E-state index in [4.69, 9.17) is 4.74 Å². The second-order valence-electron chi connectivity index (χ2n) is 26.3. The zero-order chi connectivity index (χ0) is 59.9. The van der Waals surface area contributed by atoms with Crippen LogP contribution in [-0.4, -0.2) is 47.4 Å². The zero-order valence-electron chi connectivity index (χ0n) is 56.5. The molecule has 0 saturated carbocycles. The summed E-state index contributed by atoms with van der Waals surface area (Å²) in [6.45, 7) is 4.95. The summed E-state index contributed by atoms with van der Waals surface area (Å²) in [5.41, 5.74) is 0. The Morgan fingerprint density at radius 3 is 0.855 bits per heavy atom. The molecule has 0 aromatic carbocycles. The summed E-state index contributed by atoms with van der Waals surface area (Å²) in [6, 6.07) is -0.626. The molecule has 0 aliphatic carbocycles. The van der Waals surface area contributed by atoms with E-state index in [-0.39, 0.29) is 18.5 Å². The molecule has 0 spiro atoms. The van der Waals surface area contributed by atoms with E-state index < -0.39 is 12.1 Å². The van der Waals surface area contributed by atoms with Gasteiger partial charge in [-0.05, 0) is 57.8 Å². The lowest BCUT2D eigenvalue weighted by molar-refractivity contribution is -0.143. The fraction of sp³-hybridized carbons (Fsp3) is 0.922. The van der Waals surface area contributed by atoms with Gasteiger partial charge < -0.3 is 20.3 Å². The average Bonchev–Trinajstić information content (AvgIpc) is 3.49. The molecule has 0 saturated heterocycles. The van der Waals surface area contributed by atoms with E-state index in [1.54, 1.807) is 6.08 Å². The van der Waals surface area contributed by atoms with Gasteiger partial charge in [-0.2, -0.15) is 0 Å². The number of carbonyl (C=O) groups is 2. The van der Waals surface area contributed by atoms with E-state index in [1.165, 1.54) is 360 Å². The fourth-order valence-corrected chi connectivity index (χ4v) is 12.2. The van der Waals surface area contributed by atoms with Crippen LogP contribution in [0, 0.1) is 0 Å². The van der Waals surface area contributed by atoms with E-state index in [1.807, 2.05) is 6.08 Å². The summed E-state index contributed by atoms with van der Waals surface area (Å²) in [6.07, 6.45) is 92.8. The summed E-state index contributed by atoms with van der Waals surface area (Å²) >= 11 is 0. The Bertz CT molecular complexity index is 1300. The molecule has 492 valence electrons. The molecule has 2 unspecified atom stereocenters. The number of carbonyl (C=O) groups excluding carboxylic acids is 2. The van der Waals surface area contributed by atoms with Crippen LogP contribution in [0.15, 0.2) is 24.3 Å². The lowest BCUT2D eigenvalue weighted by Crippen LogP contribution is -2.45. The van der Waals surface area contributed by atoms with Crippen molar-refractivity contribution in [1.82, 2.24) is 5.32 Å². The van der Waals surface area contributed by atoms with E-state index in [0.717, 1.165) is 44.9 Å². The quantitative estimate of drug-likeness (QED) is 0.0320. The topological polar surface area (TPSA) is 95.9 Å². The third-order valence-corrected chi connectivity index (χ3v) is 18.0. The van der Waals surface area contributed by atoms with Crippen molar-refractivity contribution in [2.24, 2.45) is 0 Å². The van der Waals surface area contributed by atoms with Gasteiger partial charge in [0.05, 0.1) is 25.4 Å². The van der Waals surface area contributed by atoms with Gasteiger partial charge in [0.2, 0.25) is 5.91 Å². The Morgan fingerprint density at radius 2 is 0.566 bits per heavy atom. The molecule has 0 radical (unpaired) electrons. The van der Waals surface area contributed by atoms with Crippen molar-refractivity contribution in [3.05, 3.63) is 24.3 Å². The Labute approximate surface area is 520 Å². The van der Waals surface area contributed by atoms with Crippen molar-refractivity contribution in [2.75, 3.05) is 13.2 Å². The first-order valence-corrected chi connectivity index (χ1v) is 38.1. The second-order valence-corrected chi connectivity index (χ2v) is 26.3. The molecule has 0 rings (SSSR count). The van der Waals surface area contributed by atoms with Gasteiger partial charge in [0.25, 0.3) is 0 Å². The number of hydrogen-bond donors (Lipinski definition) is 3. The van der Waals surface area contributed by atoms with E-state index in [9.17, 15) is 19.8 Å². The molecule has 0 aromatic rings. The monoisotopic (exact) mass is 1170 g/mol. The number of unbranched alkanes of at least 4 members (excludes halogenated alkanes) is 59. The highest BCUT2D eigenvalue weighted by atomic mass is 16.5. The highest BCUT2D eigenvalue weighted by Crippen LogP contribution is 2.20. The molecular formula is C77H149NO5. The molecular weight excluding hydrogens is 1020 g/mol. The minimum absolute atomic E-state index is 0.0161. The maximum atomic E-state index is 12.5. The highest BCUT2D eigenvalue weighted by molar-refractivity contribution is 5.76. The van der Waals surface area contributed by atoms with Crippen LogP contribution >= 0.6 is 0 Å². The lowest BCUT2D eigenvalue weighted by Gasteiger charge is -2.20. The molecule has 1 amide bonds. The largest absolute Gasteiger partial charge is 0.466 e. The van der Waals surface area contributed by atoms with Crippen LogP contribution in [0.3, 0.4) is 0 Å². The number of allylic oxidation sites excluding steroid dienone is 3. The molecule has 0 bridgehead atoms. The van der Waals surface area contributed by atoms with Crippen LogP contribution in [0.1, 0.15) is 431 Å². The maximum absolute atomic E-state index is 12.5. The molecule has 0 aliphatic heterocycles. The first-order chi connectivity index (χ1) is 41.0. The van der Waals surface area contributed by atoms with Gasteiger partial charge in [-0.3, -0.25) is 9.59 Å². The number of ether oxygens (including phenoxy) is 1. The van der Waals surface area contributed by atoms with Crippen molar-refractivity contribution < 1.29 is 24.5 Å².